The van der Waals surface area contributed by atoms with E-state index in [4.69, 9.17) is 51.6 Å². The zero-order valence-electron chi connectivity index (χ0n) is 49.9. The lowest BCUT2D eigenvalue weighted by atomic mass is 9.80. The first-order valence-electron chi connectivity index (χ1n) is 28.2. The Morgan fingerprint density at radius 3 is 1.84 bits per heavy atom. The van der Waals surface area contributed by atoms with Gasteiger partial charge in [-0.2, -0.15) is 4.98 Å². The molecule has 0 spiro atoms. The molecule has 8 aromatic rings. The van der Waals surface area contributed by atoms with Crippen molar-refractivity contribution in [2.45, 2.75) is 107 Å². The van der Waals surface area contributed by atoms with E-state index in [9.17, 15) is 9.59 Å². The summed E-state index contributed by atoms with van der Waals surface area (Å²) < 4.78 is 70.3. The Labute approximate surface area is 496 Å². The molecule has 1 amide bonds. The number of anilines is 2. The fraction of sp³-hybridized carbons (Fsp3) is 0.426. The number of carbonyl (C=O) groups is 1. The van der Waals surface area contributed by atoms with E-state index in [1.807, 2.05) is 91.6 Å². The summed E-state index contributed by atoms with van der Waals surface area (Å²) in [5.74, 6) is 1.82. The molecule has 1 unspecified atom stereocenters. The van der Waals surface area contributed by atoms with Gasteiger partial charge in [-0.1, -0.05) is 107 Å². The Hall–Kier alpha value is -7.02. The number of methoxy groups -OCH3 is 4. The van der Waals surface area contributed by atoms with Crippen LogP contribution in [0.3, 0.4) is 0 Å². The van der Waals surface area contributed by atoms with Crippen LogP contribution < -0.4 is 25.7 Å². The second-order valence-electron chi connectivity index (χ2n) is 22.9. The molecule has 2 fully saturated rings. The quantitative estimate of drug-likeness (QED) is 0.0290. The number of nitrogens with one attached hydrogen (secondary N) is 3. The average Bonchev–Trinajstić information content (AvgIpc) is 2.39. The predicted octanol–water partition coefficient (Wildman–Crippen LogP) is 9.86. The highest BCUT2D eigenvalue weighted by atomic mass is 31.2. The van der Waals surface area contributed by atoms with Gasteiger partial charge in [-0.25, -0.2) is 19.9 Å². The van der Waals surface area contributed by atoms with E-state index in [0.717, 1.165) is 16.7 Å². The summed E-state index contributed by atoms with van der Waals surface area (Å²) in [7, 11) is 2.16. The first-order chi connectivity index (χ1) is 40.9. The molecule has 0 bridgehead atoms. The maximum atomic E-state index is 13.6. The number of benzene rings is 4. The molecule has 450 valence electrons. The van der Waals surface area contributed by atoms with Gasteiger partial charge in [-0.15, -0.1) is 0 Å². The lowest BCUT2D eigenvalue weighted by Gasteiger charge is -2.40. The zero-order valence-corrected chi connectivity index (χ0v) is 51.8. The fourth-order valence-electron chi connectivity index (χ4n) is 10.5. The first kappa shape index (κ1) is 61.1. The smallest absolute Gasteiger partial charge is 0.280 e. The van der Waals surface area contributed by atoms with Gasteiger partial charge in [0.05, 0.1) is 40.1 Å². The molecule has 6 heterocycles. The van der Waals surface area contributed by atoms with Crippen molar-refractivity contribution >= 4 is 56.7 Å². The van der Waals surface area contributed by atoms with E-state index in [-0.39, 0.29) is 47.1 Å². The molecule has 0 aliphatic carbocycles. The monoisotopic (exact) mass is 1200 g/mol. The number of hydrogen-bond donors (Lipinski definition) is 3. The van der Waals surface area contributed by atoms with Gasteiger partial charge >= 0.3 is 0 Å². The van der Waals surface area contributed by atoms with Crippen LogP contribution >= 0.6 is 8.38 Å². The van der Waals surface area contributed by atoms with Gasteiger partial charge in [-0.05, 0) is 77.1 Å². The molecule has 9 atom stereocenters. The highest BCUT2D eigenvalue weighted by molar-refractivity contribution is 7.46. The van der Waals surface area contributed by atoms with Crippen LogP contribution in [0.4, 0.5) is 11.8 Å². The summed E-state index contributed by atoms with van der Waals surface area (Å²) in [5, 5.41) is 5.96. The third-order valence-corrected chi connectivity index (χ3v) is 21.5. The van der Waals surface area contributed by atoms with E-state index in [2.05, 4.69) is 83.3 Å². The maximum absolute atomic E-state index is 13.6. The van der Waals surface area contributed by atoms with Gasteiger partial charge < -0.3 is 57.3 Å². The van der Waals surface area contributed by atoms with E-state index in [1.54, 1.807) is 68.2 Å². The van der Waals surface area contributed by atoms with Crippen molar-refractivity contribution < 1.29 is 51.4 Å². The second-order valence-corrected chi connectivity index (χ2v) is 29.0. The van der Waals surface area contributed by atoms with E-state index >= 15 is 0 Å². The number of carbonyl (C=O) groups excluding carboxylic acids is 1. The van der Waals surface area contributed by atoms with Crippen LogP contribution in [0.2, 0.25) is 18.1 Å². The third kappa shape index (κ3) is 12.6. The van der Waals surface area contributed by atoms with Gasteiger partial charge in [-0.3, -0.25) is 23.7 Å². The first-order valence-corrected chi connectivity index (χ1v) is 32.7. The molecule has 85 heavy (non-hydrogen) atoms. The number of fused-ring (bicyclic) bond motifs is 2. The Morgan fingerprint density at radius 2 is 1.26 bits per heavy atom. The summed E-state index contributed by atoms with van der Waals surface area (Å²) >= 11 is 0. The lowest BCUT2D eigenvalue weighted by Crippen LogP contribution is -2.50. The van der Waals surface area contributed by atoms with Crippen LogP contribution in [0.15, 0.2) is 133 Å². The summed E-state index contributed by atoms with van der Waals surface area (Å²) in [6.45, 7) is 17.4. The molecular formula is C61H75N10O12PSi. The minimum absolute atomic E-state index is 0.0186. The molecule has 24 heteroatoms. The Balaban J connectivity index is 0.987. The number of H-pyrrole nitrogens is 1. The molecule has 0 radical (unpaired) electrons. The number of amides is 1. The van der Waals surface area contributed by atoms with Crippen LogP contribution in [0, 0.1) is 5.92 Å². The number of rotatable bonds is 24. The summed E-state index contributed by atoms with van der Waals surface area (Å²) in [6, 6.07) is 34.4. The van der Waals surface area contributed by atoms with Gasteiger partial charge in [0.15, 0.2) is 57.3 Å². The number of aromatic amines is 1. The van der Waals surface area contributed by atoms with Crippen molar-refractivity contribution in [1.29, 1.82) is 0 Å². The molecule has 4 aromatic carbocycles. The van der Waals surface area contributed by atoms with Crippen molar-refractivity contribution in [2.75, 3.05) is 65.5 Å². The maximum Gasteiger partial charge on any atom is 0.280 e. The summed E-state index contributed by atoms with van der Waals surface area (Å²) in [4.78, 5) is 52.8. The second kappa shape index (κ2) is 25.9. The van der Waals surface area contributed by atoms with Gasteiger partial charge in [0, 0.05) is 33.0 Å². The molecule has 22 nitrogen and oxygen atoms in total. The summed E-state index contributed by atoms with van der Waals surface area (Å²) in [5.41, 5.74) is 2.49. The van der Waals surface area contributed by atoms with Gasteiger partial charge in [0.25, 0.3) is 11.5 Å². The normalized spacial score (nSPS) is 21.4. The lowest BCUT2D eigenvalue weighted by molar-refractivity contribution is -0.0936. The highest BCUT2D eigenvalue weighted by Crippen LogP contribution is 2.49. The highest BCUT2D eigenvalue weighted by Gasteiger charge is 2.53. The van der Waals surface area contributed by atoms with E-state index in [0.29, 0.717) is 40.7 Å². The number of nitrogens with zero attached hydrogens (tertiary/aromatic N) is 7. The van der Waals surface area contributed by atoms with Crippen molar-refractivity contribution in [2.24, 2.45) is 5.92 Å². The van der Waals surface area contributed by atoms with Crippen LogP contribution in [-0.2, 0) is 42.8 Å². The topological polar surface area (TPSA) is 241 Å². The van der Waals surface area contributed by atoms with Crippen molar-refractivity contribution in [3.8, 4) is 11.5 Å². The van der Waals surface area contributed by atoms with Crippen LogP contribution in [0.5, 0.6) is 11.5 Å². The number of aromatic nitrogens is 8. The SMILES string of the molecule is COc1ccc(C(OC[C@H]2O[C@@H](n3cnc4c(=O)[nH]c(NCC(C)C)nc43)[C@H](OC)[C@@H]2OP(C)OC[C@H]2O[C@@H](n3cnc4c(NC(=O)c5ccccc5)ncnc43)[C@H](OC)[C@@H]2O[Si](C)(C)C(C)(C)C)(c2ccccc2)c2ccc(OC)cc2)cc1. The van der Waals surface area contributed by atoms with E-state index < -0.39 is 76.9 Å². The van der Waals surface area contributed by atoms with Crippen LogP contribution in [-0.4, -0.2) is 145 Å². The van der Waals surface area contributed by atoms with Crippen LogP contribution in [0.25, 0.3) is 22.3 Å². The molecule has 2 saturated heterocycles. The zero-order chi connectivity index (χ0) is 60.2. The van der Waals surface area contributed by atoms with Crippen molar-refractivity contribution in [3.63, 3.8) is 0 Å². The number of ether oxygens (including phenoxy) is 7. The molecule has 3 N–H and O–H groups in total. The number of hydrogen-bond acceptors (Lipinski definition) is 18. The Morgan fingerprint density at radius 1 is 0.706 bits per heavy atom. The standard InChI is InChI=1S/C61H75N10O12PSi/c1-37(2)31-62-59-68-54-47(56(73)69-59)66-36-71(54)57-50(76-8)48(44(80-57)32-78-61(39-21-17-14-18-22-39,40-23-27-42(74-6)28-24-40)41-25-29-43(75-7)30-26-41)82-84(10)79-33-45-49(83-85(11,12)60(3,4)5)51(77-9)58(81-45)70-35-65-46-52(63-34-64-53(46)70)67-55(72)38-19-15-13-16-20-38/h13-30,34-37,44-45,48-51,57-58H,31-33H2,1-12H3,(H2,62,68,69,73)(H,63,64,67,72)/t44-,45-,48-,49-,50-,51-,57-,58-,84?/m1/s1. The Kier molecular flexibility index (Phi) is 18.6. The number of imidazole rings is 2. The van der Waals surface area contributed by atoms with E-state index in [1.165, 1.54) is 12.7 Å². The van der Waals surface area contributed by atoms with Gasteiger partial charge in [0.2, 0.25) is 5.95 Å². The molecule has 2 aliphatic rings. The van der Waals surface area contributed by atoms with Crippen molar-refractivity contribution in [3.05, 3.63) is 161 Å². The van der Waals surface area contributed by atoms with Crippen molar-refractivity contribution in [1.82, 2.24) is 39.0 Å². The minimum Gasteiger partial charge on any atom is -0.497 e. The molecule has 10 rings (SSSR count). The predicted molar refractivity (Wildman–Crippen MR) is 325 cm³/mol. The third-order valence-electron chi connectivity index (χ3n) is 16.0. The minimum atomic E-state index is -2.52. The van der Waals surface area contributed by atoms with Crippen LogP contribution in [0.1, 0.15) is 74.1 Å². The molecular weight excluding hydrogens is 1120 g/mol. The average molecular weight is 1200 g/mol. The molecule has 2 aliphatic heterocycles. The Bertz CT molecular complexity index is 3540. The molecule has 4 aromatic heterocycles. The summed E-state index contributed by atoms with van der Waals surface area (Å²) in [6.07, 6.45) is -1.75. The fourth-order valence-corrected chi connectivity index (χ4v) is 12.8. The largest absolute Gasteiger partial charge is 0.497 e. The van der Waals surface area contributed by atoms with Gasteiger partial charge in [0.1, 0.15) is 60.1 Å². The molecule has 0 saturated carbocycles.